The third kappa shape index (κ3) is 3.27. The number of aryl methyl sites for hydroxylation is 1. The molecule has 3 rings (SSSR count). The van der Waals surface area contributed by atoms with Crippen molar-refractivity contribution >= 4 is 11.6 Å². The molecule has 0 spiro atoms. The fraction of sp³-hybridized carbons (Fsp3) is 0.105. The van der Waals surface area contributed by atoms with Crippen molar-refractivity contribution in [3.05, 3.63) is 81.8 Å². The van der Waals surface area contributed by atoms with E-state index in [-0.39, 0.29) is 16.9 Å². The van der Waals surface area contributed by atoms with E-state index in [4.69, 9.17) is 0 Å². The minimum absolute atomic E-state index is 0.108. The number of phenols is 1. The van der Waals surface area contributed by atoms with Gasteiger partial charge in [-0.2, -0.15) is 5.10 Å². The highest BCUT2D eigenvalue weighted by atomic mass is 16.3. The zero-order valence-electron chi connectivity index (χ0n) is 14.4. The van der Waals surface area contributed by atoms with Gasteiger partial charge >= 0.3 is 0 Å². The number of nitrogens with one attached hydrogen (secondary N) is 2. The Morgan fingerprint density at radius 2 is 1.77 bits per heavy atom. The van der Waals surface area contributed by atoms with Gasteiger partial charge in [0.1, 0.15) is 5.75 Å². The van der Waals surface area contributed by atoms with E-state index in [1.54, 1.807) is 26.0 Å². The molecule has 7 heteroatoms. The number of nitrogens with zero attached hydrogens (tertiary/aromatic N) is 2. The largest absolute Gasteiger partial charge is 0.507 e. The molecule has 0 radical (unpaired) electrons. The number of amides is 1. The van der Waals surface area contributed by atoms with E-state index < -0.39 is 5.91 Å². The highest BCUT2D eigenvalue weighted by Crippen LogP contribution is 2.15. The van der Waals surface area contributed by atoms with Crippen molar-refractivity contribution < 1.29 is 9.90 Å². The van der Waals surface area contributed by atoms with Gasteiger partial charge in [0.05, 0.1) is 22.5 Å². The lowest BCUT2D eigenvalue weighted by molar-refractivity contribution is 0.0952. The maximum Gasteiger partial charge on any atom is 0.280 e. The standard InChI is InChI=1S/C19H18N4O3/c1-12(20-21-18(25)15-10-6-7-11-16(15)24)17-13(2)22-23(19(17)26)14-8-4-3-5-9-14/h3-11,22,24H,1-2H3,(H,21,25)/b20-12-. The van der Waals surface area contributed by atoms with Crippen molar-refractivity contribution in [1.82, 2.24) is 15.2 Å². The van der Waals surface area contributed by atoms with E-state index in [2.05, 4.69) is 15.6 Å². The highest BCUT2D eigenvalue weighted by molar-refractivity contribution is 6.02. The summed E-state index contributed by atoms with van der Waals surface area (Å²) in [7, 11) is 0. The van der Waals surface area contributed by atoms with E-state index in [0.717, 1.165) is 0 Å². The summed E-state index contributed by atoms with van der Waals surface area (Å²) in [6.45, 7) is 3.40. The van der Waals surface area contributed by atoms with Gasteiger partial charge < -0.3 is 5.11 Å². The van der Waals surface area contributed by atoms with Crippen molar-refractivity contribution in [2.45, 2.75) is 13.8 Å². The molecule has 26 heavy (non-hydrogen) atoms. The van der Waals surface area contributed by atoms with Gasteiger partial charge in [-0.05, 0) is 38.1 Å². The fourth-order valence-corrected chi connectivity index (χ4v) is 2.65. The second kappa shape index (κ2) is 7.10. The van der Waals surface area contributed by atoms with E-state index in [1.807, 2.05) is 30.3 Å². The van der Waals surface area contributed by atoms with Gasteiger partial charge in [0, 0.05) is 5.69 Å². The molecule has 1 heterocycles. The number of rotatable bonds is 4. The molecule has 0 atom stereocenters. The van der Waals surface area contributed by atoms with Crippen LogP contribution in [-0.4, -0.2) is 26.5 Å². The summed E-state index contributed by atoms with van der Waals surface area (Å²) >= 11 is 0. The molecular formula is C19H18N4O3. The molecular weight excluding hydrogens is 332 g/mol. The van der Waals surface area contributed by atoms with Crippen molar-refractivity contribution in [3.8, 4) is 11.4 Å². The molecule has 1 aromatic heterocycles. The van der Waals surface area contributed by atoms with Crippen molar-refractivity contribution in [2.75, 3.05) is 0 Å². The van der Waals surface area contributed by atoms with Gasteiger partial charge in [0.2, 0.25) is 0 Å². The van der Waals surface area contributed by atoms with E-state index in [0.29, 0.717) is 22.7 Å². The normalized spacial score (nSPS) is 11.4. The molecule has 0 bridgehead atoms. The number of phenolic OH excluding ortho intramolecular Hbond substituents is 1. The average Bonchev–Trinajstić information content (AvgIpc) is 2.95. The first-order valence-electron chi connectivity index (χ1n) is 7.99. The van der Waals surface area contributed by atoms with Gasteiger partial charge in [-0.15, -0.1) is 0 Å². The van der Waals surface area contributed by atoms with Crippen LogP contribution in [0.2, 0.25) is 0 Å². The second-order valence-corrected chi connectivity index (χ2v) is 5.74. The molecule has 3 N–H and O–H groups in total. The molecule has 0 aliphatic rings. The molecule has 0 unspecified atom stereocenters. The lowest BCUT2D eigenvalue weighted by Crippen LogP contribution is -2.23. The minimum atomic E-state index is -0.556. The number of hydrogen-bond donors (Lipinski definition) is 3. The average molecular weight is 350 g/mol. The first-order chi connectivity index (χ1) is 12.5. The lowest BCUT2D eigenvalue weighted by atomic mass is 10.2. The highest BCUT2D eigenvalue weighted by Gasteiger charge is 2.16. The molecule has 7 nitrogen and oxygen atoms in total. The van der Waals surface area contributed by atoms with Crippen LogP contribution in [0.3, 0.4) is 0 Å². The molecule has 0 aliphatic heterocycles. The van der Waals surface area contributed by atoms with Crippen LogP contribution in [-0.2, 0) is 0 Å². The van der Waals surface area contributed by atoms with Gasteiger partial charge in [-0.3, -0.25) is 14.7 Å². The Hall–Kier alpha value is -3.61. The number of benzene rings is 2. The molecule has 3 aromatic rings. The summed E-state index contributed by atoms with van der Waals surface area (Å²) in [6.07, 6.45) is 0. The Balaban J connectivity index is 1.89. The van der Waals surface area contributed by atoms with Gasteiger partial charge in [0.15, 0.2) is 0 Å². The van der Waals surface area contributed by atoms with Crippen molar-refractivity contribution in [2.24, 2.45) is 5.10 Å². The zero-order valence-corrected chi connectivity index (χ0v) is 14.4. The Morgan fingerprint density at radius 1 is 1.12 bits per heavy atom. The Morgan fingerprint density at radius 3 is 2.46 bits per heavy atom. The summed E-state index contributed by atoms with van der Waals surface area (Å²) in [5, 5.41) is 16.7. The maximum absolute atomic E-state index is 12.7. The van der Waals surface area contributed by atoms with Crippen LogP contribution in [0.5, 0.6) is 5.75 Å². The smallest absolute Gasteiger partial charge is 0.280 e. The Bertz CT molecular complexity index is 1030. The molecule has 1 amide bonds. The minimum Gasteiger partial charge on any atom is -0.507 e. The molecule has 0 aliphatic carbocycles. The first-order valence-corrected chi connectivity index (χ1v) is 7.99. The van der Waals surface area contributed by atoms with Crippen LogP contribution in [0.25, 0.3) is 5.69 Å². The summed E-state index contributed by atoms with van der Waals surface area (Å²) in [5.41, 5.74) is 4.31. The third-order valence-electron chi connectivity index (χ3n) is 3.92. The molecule has 0 saturated heterocycles. The van der Waals surface area contributed by atoms with Crippen molar-refractivity contribution in [3.63, 3.8) is 0 Å². The number of aromatic amines is 1. The number of carbonyl (C=O) groups excluding carboxylic acids is 1. The van der Waals surface area contributed by atoms with Crippen molar-refractivity contribution in [1.29, 1.82) is 0 Å². The summed E-state index contributed by atoms with van der Waals surface area (Å²) in [5.74, 6) is -0.693. The van der Waals surface area contributed by atoms with Crippen LogP contribution in [0, 0.1) is 6.92 Å². The van der Waals surface area contributed by atoms with Crippen LogP contribution < -0.4 is 11.0 Å². The Labute approximate surface area is 149 Å². The second-order valence-electron chi connectivity index (χ2n) is 5.74. The molecule has 0 fully saturated rings. The molecule has 132 valence electrons. The lowest BCUT2D eigenvalue weighted by Gasteiger charge is -2.03. The van der Waals surface area contributed by atoms with Crippen LogP contribution >= 0.6 is 0 Å². The quantitative estimate of drug-likeness (QED) is 0.497. The number of H-pyrrole nitrogens is 1. The third-order valence-corrected chi connectivity index (χ3v) is 3.92. The van der Waals surface area contributed by atoms with Gasteiger partial charge in [-0.1, -0.05) is 30.3 Å². The van der Waals surface area contributed by atoms with E-state index in [9.17, 15) is 14.7 Å². The number of carbonyl (C=O) groups is 1. The SMILES string of the molecule is C/C(=N/NC(=O)c1ccccc1O)c1c(C)[nH]n(-c2ccccc2)c1=O. The van der Waals surface area contributed by atoms with Crippen LogP contribution in [0.4, 0.5) is 0 Å². The topological polar surface area (TPSA) is 99.5 Å². The van der Waals surface area contributed by atoms with Gasteiger partial charge in [0.25, 0.3) is 11.5 Å². The van der Waals surface area contributed by atoms with Crippen LogP contribution in [0.1, 0.15) is 28.5 Å². The predicted octanol–water partition coefficient (Wildman–Crippen LogP) is 2.33. The Kier molecular flexibility index (Phi) is 4.70. The number of aromatic hydroxyl groups is 1. The van der Waals surface area contributed by atoms with E-state index in [1.165, 1.54) is 16.8 Å². The predicted molar refractivity (Wildman–Crippen MR) is 98.9 cm³/mol. The number of para-hydroxylation sites is 2. The van der Waals surface area contributed by atoms with Crippen LogP contribution in [0.15, 0.2) is 64.5 Å². The monoisotopic (exact) mass is 350 g/mol. The summed E-state index contributed by atoms with van der Waals surface area (Å²) in [6, 6.07) is 15.3. The number of hydrazone groups is 1. The first kappa shape index (κ1) is 17.2. The summed E-state index contributed by atoms with van der Waals surface area (Å²) < 4.78 is 1.43. The molecule has 2 aromatic carbocycles. The van der Waals surface area contributed by atoms with E-state index >= 15 is 0 Å². The number of aromatic nitrogens is 2. The molecule has 0 saturated carbocycles. The number of hydrogen-bond acceptors (Lipinski definition) is 4. The maximum atomic E-state index is 12.7. The summed E-state index contributed by atoms with van der Waals surface area (Å²) in [4.78, 5) is 24.8. The zero-order chi connectivity index (χ0) is 18.7. The fourth-order valence-electron chi connectivity index (χ4n) is 2.65. The van der Waals surface area contributed by atoms with Gasteiger partial charge in [-0.25, -0.2) is 10.1 Å².